The number of benzene rings is 3. The van der Waals surface area contributed by atoms with E-state index in [0.29, 0.717) is 24.5 Å². The molecule has 154 valence electrons. The van der Waals surface area contributed by atoms with Crippen LogP contribution in [0.2, 0.25) is 0 Å². The monoisotopic (exact) mass is 404 g/mol. The van der Waals surface area contributed by atoms with Crippen molar-refractivity contribution in [2.45, 2.75) is 20.0 Å². The van der Waals surface area contributed by atoms with Crippen LogP contribution in [0.5, 0.6) is 17.2 Å². The average molecular weight is 404 g/mol. The maximum absolute atomic E-state index is 13.5. The Labute approximate surface area is 175 Å². The maximum atomic E-state index is 13.5. The van der Waals surface area contributed by atoms with Crippen LogP contribution in [0.25, 0.3) is 0 Å². The molecular weight excluding hydrogens is 380 g/mol. The number of hydrogen-bond acceptors (Lipinski definition) is 5. The molecule has 1 atom stereocenters. The van der Waals surface area contributed by atoms with Crippen molar-refractivity contribution in [3.05, 3.63) is 77.9 Å². The number of aromatic hydroxyl groups is 1. The number of carbonyl (C=O) groups is 1. The summed E-state index contributed by atoms with van der Waals surface area (Å²) in [5.74, 6) is 1.09. The van der Waals surface area contributed by atoms with Gasteiger partial charge < -0.3 is 19.9 Å². The first-order chi connectivity index (χ1) is 14.6. The summed E-state index contributed by atoms with van der Waals surface area (Å²) in [6.07, 6.45) is -0.467. The maximum Gasteiger partial charge on any atom is 0.262 e. The first-order valence-corrected chi connectivity index (χ1v) is 10.00. The van der Waals surface area contributed by atoms with E-state index in [1.807, 2.05) is 62.4 Å². The highest BCUT2D eigenvalue weighted by molar-refractivity contribution is 6.12. The Hall–Kier alpha value is -3.67. The fourth-order valence-electron chi connectivity index (χ4n) is 3.59. The SMILES string of the molecule is CCOc1ccc(N2C(=O)c3ccccc3N[C@H]2c2ccc(O)c(OCC)c2)cc1. The van der Waals surface area contributed by atoms with Crippen LogP contribution in [-0.2, 0) is 0 Å². The number of ether oxygens (including phenoxy) is 2. The molecule has 1 aliphatic rings. The van der Waals surface area contributed by atoms with E-state index in [1.165, 1.54) is 0 Å². The number of para-hydroxylation sites is 1. The Morgan fingerprint density at radius 1 is 0.967 bits per heavy atom. The zero-order valence-electron chi connectivity index (χ0n) is 17.0. The van der Waals surface area contributed by atoms with Crippen molar-refractivity contribution < 1.29 is 19.4 Å². The van der Waals surface area contributed by atoms with Gasteiger partial charge in [-0.25, -0.2) is 0 Å². The number of hydrogen-bond donors (Lipinski definition) is 2. The van der Waals surface area contributed by atoms with E-state index < -0.39 is 6.17 Å². The van der Waals surface area contributed by atoms with Gasteiger partial charge >= 0.3 is 0 Å². The molecular formula is C24H24N2O4. The summed E-state index contributed by atoms with van der Waals surface area (Å²) in [7, 11) is 0. The van der Waals surface area contributed by atoms with Gasteiger partial charge in [0.1, 0.15) is 11.9 Å². The average Bonchev–Trinajstić information content (AvgIpc) is 2.76. The Bertz CT molecular complexity index is 1050. The molecule has 4 rings (SSSR count). The lowest BCUT2D eigenvalue weighted by Crippen LogP contribution is -2.43. The predicted octanol–water partition coefficient (Wildman–Crippen LogP) is 4.96. The van der Waals surface area contributed by atoms with E-state index in [-0.39, 0.29) is 11.7 Å². The van der Waals surface area contributed by atoms with Gasteiger partial charge in [-0.2, -0.15) is 0 Å². The van der Waals surface area contributed by atoms with Crippen LogP contribution in [0.3, 0.4) is 0 Å². The number of phenolic OH excluding ortho intramolecular Hbond substituents is 1. The molecule has 0 saturated heterocycles. The lowest BCUT2D eigenvalue weighted by Gasteiger charge is -2.38. The van der Waals surface area contributed by atoms with E-state index in [2.05, 4.69) is 5.32 Å². The molecule has 2 N–H and O–H groups in total. The first kappa shape index (κ1) is 19.6. The molecule has 0 fully saturated rings. The second-order valence-electron chi connectivity index (χ2n) is 6.85. The van der Waals surface area contributed by atoms with Crippen LogP contribution in [0.4, 0.5) is 11.4 Å². The summed E-state index contributed by atoms with van der Waals surface area (Å²) >= 11 is 0. The van der Waals surface area contributed by atoms with Gasteiger partial charge in [0.05, 0.1) is 18.8 Å². The molecule has 3 aromatic carbocycles. The minimum Gasteiger partial charge on any atom is -0.504 e. The van der Waals surface area contributed by atoms with Crippen LogP contribution in [0, 0.1) is 0 Å². The molecule has 1 aliphatic heterocycles. The van der Waals surface area contributed by atoms with E-state index in [9.17, 15) is 9.90 Å². The number of phenols is 1. The third-order valence-electron chi connectivity index (χ3n) is 4.95. The first-order valence-electron chi connectivity index (χ1n) is 10.00. The molecule has 0 radical (unpaired) electrons. The number of rotatable bonds is 6. The zero-order chi connectivity index (χ0) is 21.1. The minimum absolute atomic E-state index is 0.0655. The van der Waals surface area contributed by atoms with Crippen LogP contribution < -0.4 is 19.7 Å². The van der Waals surface area contributed by atoms with Crippen molar-refractivity contribution >= 4 is 17.3 Å². The standard InChI is InChI=1S/C24H24N2O4/c1-3-29-18-12-10-17(11-13-18)26-23(16-9-14-21(27)22(15-16)30-4-2)25-20-8-6-5-7-19(20)24(26)28/h5-15,23,25,27H,3-4H2,1-2H3/t23-/m1/s1. The van der Waals surface area contributed by atoms with Crippen molar-refractivity contribution in [3.63, 3.8) is 0 Å². The molecule has 0 aliphatic carbocycles. The van der Waals surface area contributed by atoms with Crippen LogP contribution in [0.1, 0.15) is 35.9 Å². The van der Waals surface area contributed by atoms with Crippen molar-refractivity contribution in [1.29, 1.82) is 0 Å². The fraction of sp³-hybridized carbons (Fsp3) is 0.208. The Balaban J connectivity index is 1.79. The third kappa shape index (κ3) is 3.64. The third-order valence-corrected chi connectivity index (χ3v) is 4.95. The fourth-order valence-corrected chi connectivity index (χ4v) is 3.59. The number of fused-ring (bicyclic) bond motifs is 1. The second-order valence-corrected chi connectivity index (χ2v) is 6.85. The number of amides is 1. The largest absolute Gasteiger partial charge is 0.504 e. The molecule has 6 heteroatoms. The molecule has 0 unspecified atom stereocenters. The summed E-state index contributed by atoms with van der Waals surface area (Å²) in [5.41, 5.74) is 2.90. The number of nitrogens with one attached hydrogen (secondary N) is 1. The molecule has 0 aromatic heterocycles. The van der Waals surface area contributed by atoms with Crippen molar-refractivity contribution in [2.75, 3.05) is 23.4 Å². The van der Waals surface area contributed by atoms with Gasteiger partial charge in [-0.15, -0.1) is 0 Å². The molecule has 0 spiro atoms. The molecule has 0 saturated carbocycles. The van der Waals surface area contributed by atoms with Gasteiger partial charge in [0.2, 0.25) is 0 Å². The lowest BCUT2D eigenvalue weighted by molar-refractivity contribution is 0.0975. The van der Waals surface area contributed by atoms with Crippen LogP contribution >= 0.6 is 0 Å². The van der Waals surface area contributed by atoms with Gasteiger partial charge in [0.25, 0.3) is 5.91 Å². The number of nitrogens with zero attached hydrogens (tertiary/aromatic N) is 1. The molecule has 6 nitrogen and oxygen atoms in total. The molecule has 1 amide bonds. The normalized spacial score (nSPS) is 15.3. The topological polar surface area (TPSA) is 71.0 Å². The summed E-state index contributed by atoms with van der Waals surface area (Å²) in [6.45, 7) is 4.80. The summed E-state index contributed by atoms with van der Waals surface area (Å²) in [4.78, 5) is 15.2. The van der Waals surface area contributed by atoms with Gasteiger partial charge in [-0.1, -0.05) is 18.2 Å². The highest BCUT2D eigenvalue weighted by Crippen LogP contribution is 2.39. The van der Waals surface area contributed by atoms with Crippen molar-refractivity contribution in [1.82, 2.24) is 0 Å². The lowest BCUT2D eigenvalue weighted by atomic mass is 10.0. The number of anilines is 2. The van der Waals surface area contributed by atoms with E-state index in [1.54, 1.807) is 23.1 Å². The van der Waals surface area contributed by atoms with Crippen LogP contribution in [0.15, 0.2) is 66.7 Å². The smallest absolute Gasteiger partial charge is 0.262 e. The quantitative estimate of drug-likeness (QED) is 0.608. The molecule has 3 aromatic rings. The van der Waals surface area contributed by atoms with Gasteiger partial charge in [-0.05, 0) is 67.9 Å². The summed E-state index contributed by atoms with van der Waals surface area (Å²) in [5, 5.41) is 13.6. The van der Waals surface area contributed by atoms with Gasteiger partial charge in [0, 0.05) is 11.4 Å². The van der Waals surface area contributed by atoms with E-state index in [4.69, 9.17) is 9.47 Å². The Kier molecular flexibility index (Phi) is 5.48. The summed E-state index contributed by atoms with van der Waals surface area (Å²) < 4.78 is 11.1. The second kappa shape index (κ2) is 8.37. The van der Waals surface area contributed by atoms with E-state index >= 15 is 0 Å². The van der Waals surface area contributed by atoms with Crippen molar-refractivity contribution in [2.24, 2.45) is 0 Å². The highest BCUT2D eigenvalue weighted by atomic mass is 16.5. The molecule has 30 heavy (non-hydrogen) atoms. The number of carbonyl (C=O) groups excluding carboxylic acids is 1. The van der Waals surface area contributed by atoms with Gasteiger partial charge in [-0.3, -0.25) is 9.69 Å². The Morgan fingerprint density at radius 3 is 2.43 bits per heavy atom. The highest BCUT2D eigenvalue weighted by Gasteiger charge is 2.34. The zero-order valence-corrected chi connectivity index (χ0v) is 17.0. The van der Waals surface area contributed by atoms with E-state index in [0.717, 1.165) is 22.7 Å². The Morgan fingerprint density at radius 2 is 1.70 bits per heavy atom. The van der Waals surface area contributed by atoms with Gasteiger partial charge in [0.15, 0.2) is 11.5 Å². The minimum atomic E-state index is -0.467. The summed E-state index contributed by atoms with van der Waals surface area (Å²) in [6, 6.07) is 20.0. The predicted molar refractivity (Wildman–Crippen MR) is 117 cm³/mol. The van der Waals surface area contributed by atoms with Crippen molar-refractivity contribution in [3.8, 4) is 17.2 Å². The van der Waals surface area contributed by atoms with Crippen LogP contribution in [-0.4, -0.2) is 24.2 Å². The molecule has 0 bridgehead atoms. The molecule has 1 heterocycles.